The average molecular weight is 329 g/mol. The molecule has 1 N–H and O–H groups in total. The second kappa shape index (κ2) is 9.55. The summed E-state index contributed by atoms with van der Waals surface area (Å²) in [7, 11) is 1.39. The minimum Gasteiger partial charge on any atom is -0.484 e. The summed E-state index contributed by atoms with van der Waals surface area (Å²) in [4.78, 5) is 22.7. The van der Waals surface area contributed by atoms with Crippen LogP contribution in [-0.2, 0) is 14.3 Å². The van der Waals surface area contributed by atoms with Crippen LogP contribution in [0.2, 0.25) is 0 Å². The van der Waals surface area contributed by atoms with Crippen molar-refractivity contribution in [1.29, 1.82) is 0 Å². The SMILES string of the molecule is COC(=O)CCCCCNC(=O)COc1ccc2ccccc2c1. The van der Waals surface area contributed by atoms with E-state index in [1.54, 1.807) is 0 Å². The van der Waals surface area contributed by atoms with E-state index in [0.29, 0.717) is 18.7 Å². The van der Waals surface area contributed by atoms with Gasteiger partial charge in [-0.15, -0.1) is 0 Å². The van der Waals surface area contributed by atoms with E-state index >= 15 is 0 Å². The van der Waals surface area contributed by atoms with Gasteiger partial charge >= 0.3 is 5.97 Å². The highest BCUT2D eigenvalue weighted by Crippen LogP contribution is 2.20. The van der Waals surface area contributed by atoms with Gasteiger partial charge < -0.3 is 14.8 Å². The van der Waals surface area contributed by atoms with E-state index < -0.39 is 0 Å². The van der Waals surface area contributed by atoms with Crippen molar-refractivity contribution >= 4 is 22.6 Å². The maximum absolute atomic E-state index is 11.8. The van der Waals surface area contributed by atoms with Crippen molar-refractivity contribution in [2.45, 2.75) is 25.7 Å². The van der Waals surface area contributed by atoms with Gasteiger partial charge in [0.1, 0.15) is 5.75 Å². The molecule has 2 rings (SSSR count). The quantitative estimate of drug-likeness (QED) is 0.567. The molecule has 0 unspecified atom stereocenters. The number of carbonyl (C=O) groups is 2. The fourth-order valence-corrected chi connectivity index (χ4v) is 2.36. The zero-order valence-electron chi connectivity index (χ0n) is 13.9. The van der Waals surface area contributed by atoms with Crippen LogP contribution < -0.4 is 10.1 Å². The molecule has 0 fully saturated rings. The van der Waals surface area contributed by atoms with Crippen LogP contribution in [0.1, 0.15) is 25.7 Å². The fraction of sp³-hybridized carbons (Fsp3) is 0.368. The van der Waals surface area contributed by atoms with E-state index in [2.05, 4.69) is 10.1 Å². The molecule has 0 saturated heterocycles. The lowest BCUT2D eigenvalue weighted by atomic mass is 10.1. The number of fused-ring (bicyclic) bond motifs is 1. The molecule has 128 valence electrons. The van der Waals surface area contributed by atoms with Gasteiger partial charge in [-0.3, -0.25) is 9.59 Å². The third-order valence-corrected chi connectivity index (χ3v) is 3.70. The molecule has 0 radical (unpaired) electrons. The van der Waals surface area contributed by atoms with Crippen molar-refractivity contribution in [1.82, 2.24) is 5.32 Å². The Hall–Kier alpha value is -2.56. The summed E-state index contributed by atoms with van der Waals surface area (Å²) in [5.41, 5.74) is 0. The molecule has 0 saturated carbocycles. The summed E-state index contributed by atoms with van der Waals surface area (Å²) in [6.45, 7) is 0.585. The molecule has 0 aliphatic rings. The first-order valence-corrected chi connectivity index (χ1v) is 8.14. The number of rotatable bonds is 9. The van der Waals surface area contributed by atoms with Gasteiger partial charge in [-0.1, -0.05) is 36.8 Å². The minimum atomic E-state index is -0.192. The Balaban J connectivity index is 1.63. The molecule has 24 heavy (non-hydrogen) atoms. The molecule has 0 heterocycles. The van der Waals surface area contributed by atoms with Crippen LogP contribution in [0.25, 0.3) is 10.8 Å². The van der Waals surface area contributed by atoms with Gasteiger partial charge in [0.25, 0.3) is 5.91 Å². The largest absolute Gasteiger partial charge is 0.484 e. The van der Waals surface area contributed by atoms with Gasteiger partial charge in [-0.2, -0.15) is 0 Å². The first-order chi connectivity index (χ1) is 11.7. The molecular formula is C19H23NO4. The third-order valence-electron chi connectivity index (χ3n) is 3.70. The lowest BCUT2D eigenvalue weighted by Gasteiger charge is -2.08. The molecule has 0 spiro atoms. The lowest BCUT2D eigenvalue weighted by Crippen LogP contribution is -2.29. The lowest BCUT2D eigenvalue weighted by molar-refractivity contribution is -0.140. The second-order valence-electron chi connectivity index (χ2n) is 5.53. The summed E-state index contributed by atoms with van der Waals surface area (Å²) < 4.78 is 10.1. The van der Waals surface area contributed by atoms with E-state index in [-0.39, 0.29) is 18.5 Å². The number of unbranched alkanes of at least 4 members (excludes halogenated alkanes) is 2. The van der Waals surface area contributed by atoms with Crippen molar-refractivity contribution < 1.29 is 19.1 Å². The maximum atomic E-state index is 11.8. The number of hydrogen-bond donors (Lipinski definition) is 1. The summed E-state index contributed by atoms with van der Waals surface area (Å²) in [6, 6.07) is 13.8. The molecule has 5 heteroatoms. The van der Waals surface area contributed by atoms with Crippen molar-refractivity contribution in [2.75, 3.05) is 20.3 Å². The molecular weight excluding hydrogens is 306 g/mol. The Morgan fingerprint density at radius 3 is 2.58 bits per heavy atom. The number of hydrogen-bond acceptors (Lipinski definition) is 4. The van der Waals surface area contributed by atoms with E-state index in [9.17, 15) is 9.59 Å². The summed E-state index contributed by atoms with van der Waals surface area (Å²) in [6.07, 6.45) is 2.91. The van der Waals surface area contributed by atoms with Gasteiger partial charge in [-0.05, 0) is 35.7 Å². The normalized spacial score (nSPS) is 10.4. The monoisotopic (exact) mass is 329 g/mol. The molecule has 0 aromatic heterocycles. The number of ether oxygens (including phenoxy) is 2. The van der Waals surface area contributed by atoms with Crippen LogP contribution in [0, 0.1) is 0 Å². The molecule has 5 nitrogen and oxygen atoms in total. The maximum Gasteiger partial charge on any atom is 0.305 e. The smallest absolute Gasteiger partial charge is 0.305 e. The van der Waals surface area contributed by atoms with Crippen LogP contribution in [-0.4, -0.2) is 32.1 Å². The summed E-state index contributed by atoms with van der Waals surface area (Å²) in [5.74, 6) is 0.348. The Morgan fingerprint density at radius 1 is 1.00 bits per heavy atom. The van der Waals surface area contributed by atoms with Crippen LogP contribution >= 0.6 is 0 Å². The summed E-state index contributed by atoms with van der Waals surface area (Å²) >= 11 is 0. The first kappa shape index (κ1) is 17.8. The standard InChI is InChI=1S/C19H23NO4/c1-23-19(22)9-3-2-6-12-20-18(21)14-24-17-11-10-15-7-4-5-8-16(15)13-17/h4-5,7-8,10-11,13H,2-3,6,9,12,14H2,1H3,(H,20,21). The number of amides is 1. The van der Waals surface area contributed by atoms with Crippen LogP contribution in [0.3, 0.4) is 0 Å². The molecule has 0 atom stereocenters. The Labute approximate surface area is 141 Å². The van der Waals surface area contributed by atoms with Gasteiger partial charge in [0.2, 0.25) is 0 Å². The minimum absolute atomic E-state index is 0.000497. The Kier molecular flexibility index (Phi) is 7.08. The van der Waals surface area contributed by atoms with E-state index in [1.807, 2.05) is 42.5 Å². The third kappa shape index (κ3) is 5.91. The summed E-state index contributed by atoms with van der Waals surface area (Å²) in [5, 5.41) is 5.04. The van der Waals surface area contributed by atoms with Crippen LogP contribution in [0.5, 0.6) is 5.75 Å². The molecule has 1 amide bonds. The number of benzene rings is 2. The Morgan fingerprint density at radius 2 is 1.79 bits per heavy atom. The van der Waals surface area contributed by atoms with Crippen LogP contribution in [0.4, 0.5) is 0 Å². The van der Waals surface area contributed by atoms with Crippen molar-refractivity contribution in [3.63, 3.8) is 0 Å². The second-order valence-corrected chi connectivity index (χ2v) is 5.53. The predicted octanol–water partition coefficient (Wildman–Crippen LogP) is 3.07. The number of methoxy groups -OCH3 is 1. The van der Waals surface area contributed by atoms with Crippen molar-refractivity contribution in [2.24, 2.45) is 0 Å². The van der Waals surface area contributed by atoms with Gasteiger partial charge in [0, 0.05) is 13.0 Å². The zero-order valence-corrected chi connectivity index (χ0v) is 13.9. The van der Waals surface area contributed by atoms with Gasteiger partial charge in [0.05, 0.1) is 7.11 Å². The highest BCUT2D eigenvalue weighted by molar-refractivity contribution is 5.84. The van der Waals surface area contributed by atoms with Gasteiger partial charge in [-0.25, -0.2) is 0 Å². The van der Waals surface area contributed by atoms with Gasteiger partial charge in [0.15, 0.2) is 6.61 Å². The first-order valence-electron chi connectivity index (χ1n) is 8.14. The number of esters is 1. The Bertz CT molecular complexity index is 684. The molecule has 0 aliphatic heterocycles. The zero-order chi connectivity index (χ0) is 17.2. The highest BCUT2D eigenvalue weighted by atomic mass is 16.5. The van der Waals surface area contributed by atoms with Crippen molar-refractivity contribution in [3.05, 3.63) is 42.5 Å². The molecule has 0 aliphatic carbocycles. The van der Waals surface area contributed by atoms with E-state index in [1.165, 1.54) is 7.11 Å². The van der Waals surface area contributed by atoms with E-state index in [4.69, 9.17) is 4.74 Å². The average Bonchev–Trinajstić information content (AvgIpc) is 2.62. The topological polar surface area (TPSA) is 64.6 Å². The number of nitrogens with one attached hydrogen (secondary N) is 1. The number of carbonyl (C=O) groups excluding carboxylic acids is 2. The molecule has 2 aromatic carbocycles. The van der Waals surface area contributed by atoms with Crippen LogP contribution in [0.15, 0.2) is 42.5 Å². The van der Waals surface area contributed by atoms with Crippen molar-refractivity contribution in [3.8, 4) is 5.75 Å². The molecule has 0 bridgehead atoms. The molecule has 2 aromatic rings. The predicted molar refractivity (Wildman–Crippen MR) is 92.9 cm³/mol. The highest BCUT2D eigenvalue weighted by Gasteiger charge is 2.04. The fourth-order valence-electron chi connectivity index (χ4n) is 2.36. The van der Waals surface area contributed by atoms with E-state index in [0.717, 1.165) is 30.0 Å².